The van der Waals surface area contributed by atoms with Gasteiger partial charge in [-0.25, -0.2) is 4.79 Å². The van der Waals surface area contributed by atoms with Crippen LogP contribution in [0.25, 0.3) is 11.1 Å². The van der Waals surface area contributed by atoms with E-state index in [4.69, 9.17) is 5.73 Å². The van der Waals surface area contributed by atoms with Gasteiger partial charge in [0.1, 0.15) is 0 Å². The fraction of sp³-hybridized carbons (Fsp3) is 0.179. The van der Waals surface area contributed by atoms with E-state index in [1.807, 2.05) is 74.6 Å². The third kappa shape index (κ3) is 6.47. The summed E-state index contributed by atoms with van der Waals surface area (Å²) >= 11 is 0. The molecular weight excluding hydrogens is 472 g/mol. The first kappa shape index (κ1) is 28.9. The number of aromatic nitrogens is 2. The van der Waals surface area contributed by atoms with Crippen LogP contribution in [0.1, 0.15) is 44.1 Å². The number of carboxylic acids is 1. The Morgan fingerprint density at radius 2 is 1.65 bits per heavy atom. The van der Waals surface area contributed by atoms with Crippen molar-refractivity contribution in [2.24, 2.45) is 5.73 Å². The quantitative estimate of drug-likeness (QED) is 0.287. The van der Waals surface area contributed by atoms with E-state index in [9.17, 15) is 14.7 Å². The molecule has 0 saturated carbocycles. The van der Waals surface area contributed by atoms with Crippen LogP contribution in [0, 0.1) is 13.8 Å². The molecule has 9 nitrogen and oxygen atoms in total. The summed E-state index contributed by atoms with van der Waals surface area (Å²) in [6, 6.07) is 18.8. The Kier molecular flexibility index (Phi) is 9.84. The number of benzene rings is 3. The summed E-state index contributed by atoms with van der Waals surface area (Å²) in [6.45, 7) is 4.01. The highest BCUT2D eigenvalue weighted by atomic mass is 16.4. The highest BCUT2D eigenvalue weighted by Gasteiger charge is 2.20. The van der Waals surface area contributed by atoms with Gasteiger partial charge in [-0.15, -0.1) is 0 Å². The number of hydrogen-bond acceptors (Lipinski definition) is 4. The van der Waals surface area contributed by atoms with Gasteiger partial charge in [0, 0.05) is 24.0 Å². The van der Waals surface area contributed by atoms with Crippen LogP contribution in [-0.2, 0) is 11.2 Å². The van der Waals surface area contributed by atoms with Crippen LogP contribution in [0.4, 0.5) is 5.69 Å². The number of aromatic carboxylic acids is 1. The van der Waals surface area contributed by atoms with Crippen LogP contribution in [-0.4, -0.2) is 44.7 Å². The summed E-state index contributed by atoms with van der Waals surface area (Å²) in [6.07, 6.45) is 4.17. The smallest absolute Gasteiger partial charge is 0.335 e. The first-order chi connectivity index (χ1) is 16.9. The lowest BCUT2D eigenvalue weighted by Crippen LogP contribution is -2.27. The molecule has 1 atom stereocenters. The van der Waals surface area contributed by atoms with E-state index in [1.54, 1.807) is 12.3 Å². The number of hydrogen-bond donors (Lipinski definition) is 4. The maximum atomic E-state index is 13.0. The number of nitrogens with two attached hydrogens (primary N) is 1. The van der Waals surface area contributed by atoms with E-state index < -0.39 is 11.9 Å². The van der Waals surface area contributed by atoms with Gasteiger partial charge in [0.25, 0.3) is 0 Å². The third-order valence-corrected chi connectivity index (χ3v) is 6.36. The van der Waals surface area contributed by atoms with Crippen molar-refractivity contribution in [3.63, 3.8) is 0 Å². The average molecular weight is 505 g/mol. The molecule has 0 saturated heterocycles. The van der Waals surface area contributed by atoms with Crippen molar-refractivity contribution in [2.75, 3.05) is 11.9 Å². The van der Waals surface area contributed by atoms with Crippen molar-refractivity contribution >= 4 is 17.6 Å². The minimum absolute atomic E-state index is 0. The van der Waals surface area contributed by atoms with Crippen molar-refractivity contribution in [3.05, 3.63) is 106 Å². The molecule has 1 heterocycles. The highest BCUT2D eigenvalue weighted by Crippen LogP contribution is 2.25. The van der Waals surface area contributed by atoms with Crippen molar-refractivity contribution in [3.8, 4) is 11.1 Å². The summed E-state index contributed by atoms with van der Waals surface area (Å²) in [7, 11) is 0. The van der Waals surface area contributed by atoms with Gasteiger partial charge in [0.05, 0.1) is 17.7 Å². The number of carbonyl (C=O) groups excluding carboxylic acids is 1. The number of amides is 1. The minimum atomic E-state index is -0.924. The van der Waals surface area contributed by atoms with Gasteiger partial charge >= 0.3 is 5.97 Å². The topological polar surface area (TPSA) is 184 Å². The molecular formula is C28H32N4O5. The number of aromatic amines is 1. The predicted molar refractivity (Wildman–Crippen MR) is 144 cm³/mol. The lowest BCUT2D eigenvalue weighted by molar-refractivity contribution is -0.117. The van der Waals surface area contributed by atoms with Gasteiger partial charge in [-0.2, -0.15) is 5.10 Å². The van der Waals surface area contributed by atoms with Crippen LogP contribution in [0.3, 0.4) is 0 Å². The summed E-state index contributed by atoms with van der Waals surface area (Å²) in [5, 5.41) is 19.1. The molecule has 3 aromatic carbocycles. The van der Waals surface area contributed by atoms with Crippen LogP contribution in [0.2, 0.25) is 0 Å². The van der Waals surface area contributed by atoms with Gasteiger partial charge in [0.2, 0.25) is 5.91 Å². The number of carboxylic acid groups (broad SMARTS) is 1. The molecule has 0 aliphatic heterocycles. The highest BCUT2D eigenvalue weighted by molar-refractivity contribution is 5.96. The van der Waals surface area contributed by atoms with Gasteiger partial charge in [-0.1, -0.05) is 42.5 Å². The van der Waals surface area contributed by atoms with Gasteiger partial charge < -0.3 is 27.1 Å². The van der Waals surface area contributed by atoms with Crippen molar-refractivity contribution in [1.29, 1.82) is 0 Å². The third-order valence-electron chi connectivity index (χ3n) is 6.36. The number of anilines is 1. The zero-order valence-corrected chi connectivity index (χ0v) is 20.7. The molecule has 194 valence electrons. The van der Waals surface area contributed by atoms with E-state index in [-0.39, 0.29) is 23.4 Å². The van der Waals surface area contributed by atoms with E-state index in [2.05, 4.69) is 15.5 Å². The number of carbonyl (C=O) groups is 2. The monoisotopic (exact) mass is 504 g/mol. The van der Waals surface area contributed by atoms with Gasteiger partial charge in [-0.05, 0) is 71.8 Å². The largest absolute Gasteiger partial charge is 0.478 e. The lowest BCUT2D eigenvalue weighted by atomic mass is 9.91. The number of nitrogens with zero attached hydrogens (tertiary/aromatic N) is 1. The van der Waals surface area contributed by atoms with Crippen molar-refractivity contribution in [2.45, 2.75) is 26.2 Å². The summed E-state index contributed by atoms with van der Waals surface area (Å²) in [5.74, 6) is -1.58. The fourth-order valence-electron chi connectivity index (χ4n) is 4.25. The van der Waals surface area contributed by atoms with Crippen LogP contribution >= 0.6 is 0 Å². The second-order valence-corrected chi connectivity index (χ2v) is 8.60. The summed E-state index contributed by atoms with van der Waals surface area (Å²) in [5.41, 5.74) is 13.7. The molecule has 0 fully saturated rings. The predicted octanol–water partition coefficient (Wildman–Crippen LogP) is 3.01. The number of H-pyrrole nitrogens is 1. The van der Waals surface area contributed by atoms with E-state index in [1.165, 1.54) is 0 Å². The molecule has 0 radical (unpaired) electrons. The molecule has 0 aliphatic carbocycles. The molecule has 1 unspecified atom stereocenters. The fourth-order valence-corrected chi connectivity index (χ4v) is 4.25. The Morgan fingerprint density at radius 3 is 2.22 bits per heavy atom. The molecule has 0 bridgehead atoms. The molecule has 4 aromatic rings. The Morgan fingerprint density at radius 1 is 0.973 bits per heavy atom. The zero-order valence-electron chi connectivity index (χ0n) is 20.7. The van der Waals surface area contributed by atoms with Crippen molar-refractivity contribution < 1.29 is 25.6 Å². The van der Waals surface area contributed by atoms with Crippen LogP contribution in [0.15, 0.2) is 73.1 Å². The standard InChI is InChI=1S/C28H28N4O3.2H2O/c1-17-3-12-24(28(34)35)18(2)25(17)13-19-4-6-21(7-5-19)26(14-29)27(33)32-23-10-8-20(9-11-23)22-15-30-31-16-22;;/h3-12,15-16,26H,13-14,29H2,1-2H3,(H,30,31)(H,32,33)(H,34,35);2*1H2. The second kappa shape index (κ2) is 12.6. The van der Waals surface area contributed by atoms with Crippen molar-refractivity contribution in [1.82, 2.24) is 10.2 Å². The van der Waals surface area contributed by atoms with E-state index in [0.29, 0.717) is 17.7 Å². The maximum absolute atomic E-state index is 13.0. The zero-order chi connectivity index (χ0) is 24.9. The number of rotatable bonds is 8. The first-order valence-electron chi connectivity index (χ1n) is 11.4. The number of nitrogens with one attached hydrogen (secondary N) is 2. The van der Waals surface area contributed by atoms with E-state index >= 15 is 0 Å². The molecule has 0 spiro atoms. The average Bonchev–Trinajstić information content (AvgIpc) is 3.38. The Labute approximate surface area is 215 Å². The second-order valence-electron chi connectivity index (χ2n) is 8.60. The van der Waals surface area contributed by atoms with Gasteiger partial charge in [-0.3, -0.25) is 9.89 Å². The Hall–Kier alpha value is -4.31. The normalized spacial score (nSPS) is 11.1. The minimum Gasteiger partial charge on any atom is -0.478 e. The molecule has 0 aliphatic rings. The Balaban J connectivity index is 0.00000241. The van der Waals surface area contributed by atoms with Gasteiger partial charge in [0.15, 0.2) is 0 Å². The summed E-state index contributed by atoms with van der Waals surface area (Å²) < 4.78 is 0. The van der Waals surface area contributed by atoms with Crippen LogP contribution in [0.5, 0.6) is 0 Å². The maximum Gasteiger partial charge on any atom is 0.335 e. The van der Waals surface area contributed by atoms with E-state index in [0.717, 1.165) is 38.9 Å². The van der Waals surface area contributed by atoms with Crippen LogP contribution < -0.4 is 11.1 Å². The lowest BCUT2D eigenvalue weighted by Gasteiger charge is -2.17. The molecule has 9 N–H and O–H groups in total. The molecule has 37 heavy (non-hydrogen) atoms. The Bertz CT molecular complexity index is 1330. The number of aryl methyl sites for hydroxylation is 1. The molecule has 1 aromatic heterocycles. The molecule has 1 amide bonds. The summed E-state index contributed by atoms with van der Waals surface area (Å²) in [4.78, 5) is 24.5. The first-order valence-corrected chi connectivity index (χ1v) is 11.4. The SMILES string of the molecule is Cc1ccc(C(=O)O)c(C)c1Cc1ccc(C(CN)C(=O)Nc2ccc(-c3cn[nH]c3)cc2)cc1.O.O. The molecule has 4 rings (SSSR count). The molecule has 9 heteroatoms.